The lowest BCUT2D eigenvalue weighted by atomic mass is 10.1. The molecule has 2 saturated heterocycles. The third-order valence-corrected chi connectivity index (χ3v) is 4.37. The highest BCUT2D eigenvalue weighted by Gasteiger charge is 2.21. The normalized spacial score (nSPS) is 22.0. The van der Waals surface area contributed by atoms with Crippen LogP contribution in [-0.2, 0) is 6.54 Å². The van der Waals surface area contributed by atoms with Crippen LogP contribution in [0, 0.1) is 0 Å². The number of carbonyl (C=O) groups is 1. The first-order valence-electron chi connectivity index (χ1n) is 8.13. The first-order chi connectivity index (χ1) is 10.7. The van der Waals surface area contributed by atoms with Crippen LogP contribution in [0.1, 0.15) is 31.2 Å². The fourth-order valence-electron chi connectivity index (χ4n) is 3.12. The Morgan fingerprint density at radius 2 is 2.14 bits per heavy atom. The molecule has 2 N–H and O–H groups in total. The van der Waals surface area contributed by atoms with Crippen LogP contribution in [-0.4, -0.2) is 53.3 Å². The Kier molecular flexibility index (Phi) is 4.77. The summed E-state index contributed by atoms with van der Waals surface area (Å²) in [4.78, 5) is 20.5. The summed E-state index contributed by atoms with van der Waals surface area (Å²) in [6.45, 7) is 3.78. The van der Waals surface area contributed by atoms with Gasteiger partial charge < -0.3 is 20.2 Å². The van der Waals surface area contributed by atoms with Crippen LogP contribution >= 0.6 is 0 Å². The minimum absolute atomic E-state index is 0.0988. The molecule has 6 nitrogen and oxygen atoms in total. The second kappa shape index (κ2) is 6.96. The van der Waals surface area contributed by atoms with Crippen molar-refractivity contribution < 1.29 is 9.90 Å². The second-order valence-corrected chi connectivity index (χ2v) is 6.12. The average molecular weight is 304 g/mol. The summed E-state index contributed by atoms with van der Waals surface area (Å²) in [5.41, 5.74) is 1.06. The monoisotopic (exact) mass is 304 g/mol. The number of aliphatic hydroxyl groups is 1. The summed E-state index contributed by atoms with van der Waals surface area (Å²) in [6.07, 6.45) is 5.51. The maximum atomic E-state index is 12.1. The summed E-state index contributed by atoms with van der Waals surface area (Å²) in [6, 6.07) is 3.89. The highest BCUT2D eigenvalue weighted by Crippen LogP contribution is 2.18. The van der Waals surface area contributed by atoms with E-state index in [4.69, 9.17) is 0 Å². The molecule has 1 atom stereocenters. The Bertz CT molecular complexity index is 517. The molecule has 0 aromatic carbocycles. The first kappa shape index (κ1) is 15.1. The van der Waals surface area contributed by atoms with Crippen molar-refractivity contribution in [1.29, 1.82) is 0 Å². The summed E-state index contributed by atoms with van der Waals surface area (Å²) in [5, 5.41) is 12.6. The number of rotatable bonds is 3. The molecule has 2 amide bonds. The van der Waals surface area contributed by atoms with Crippen molar-refractivity contribution in [1.82, 2.24) is 15.2 Å². The van der Waals surface area contributed by atoms with Gasteiger partial charge >= 0.3 is 6.03 Å². The number of pyridine rings is 1. The predicted octanol–water partition coefficient (Wildman–Crippen LogP) is 1.35. The maximum absolute atomic E-state index is 12.1. The third-order valence-electron chi connectivity index (χ3n) is 4.37. The van der Waals surface area contributed by atoms with Gasteiger partial charge in [-0.1, -0.05) is 0 Å². The van der Waals surface area contributed by atoms with Crippen molar-refractivity contribution in [3.05, 3.63) is 23.9 Å². The zero-order valence-corrected chi connectivity index (χ0v) is 12.9. The summed E-state index contributed by atoms with van der Waals surface area (Å²) in [5.74, 6) is 0.998. The molecule has 2 fully saturated rings. The standard InChI is InChI=1S/C16H24N4O2/c21-14-4-3-9-20(12-14)16(22)18-11-13-5-6-17-15(10-13)19-7-1-2-8-19/h5-6,10,14,21H,1-4,7-9,11-12H2,(H,18,22). The molecule has 1 unspecified atom stereocenters. The van der Waals surface area contributed by atoms with Crippen molar-refractivity contribution in [2.45, 2.75) is 38.3 Å². The van der Waals surface area contributed by atoms with E-state index in [1.54, 1.807) is 11.1 Å². The number of hydrogen-bond acceptors (Lipinski definition) is 4. The van der Waals surface area contributed by atoms with Crippen LogP contribution in [0.4, 0.5) is 10.6 Å². The highest BCUT2D eigenvalue weighted by atomic mass is 16.3. The number of likely N-dealkylation sites (tertiary alicyclic amines) is 1. The number of hydrogen-bond donors (Lipinski definition) is 2. The lowest BCUT2D eigenvalue weighted by molar-refractivity contribution is 0.0842. The molecular formula is C16H24N4O2. The van der Waals surface area contributed by atoms with Crippen molar-refractivity contribution in [2.75, 3.05) is 31.1 Å². The van der Waals surface area contributed by atoms with Crippen molar-refractivity contribution in [3.63, 3.8) is 0 Å². The number of aliphatic hydroxyl groups excluding tert-OH is 1. The van der Waals surface area contributed by atoms with Crippen LogP contribution in [0.5, 0.6) is 0 Å². The van der Waals surface area contributed by atoms with Gasteiger partial charge in [0.25, 0.3) is 0 Å². The number of carbonyl (C=O) groups excluding carboxylic acids is 1. The number of amides is 2. The van der Waals surface area contributed by atoms with Crippen molar-refractivity contribution in [3.8, 4) is 0 Å². The minimum Gasteiger partial charge on any atom is -0.391 e. The number of aromatic nitrogens is 1. The molecule has 3 heterocycles. The van der Waals surface area contributed by atoms with Gasteiger partial charge in [-0.15, -0.1) is 0 Å². The molecule has 2 aliphatic rings. The Labute approximate surface area is 131 Å². The molecule has 2 aliphatic heterocycles. The lowest BCUT2D eigenvalue weighted by Crippen LogP contribution is -2.46. The third kappa shape index (κ3) is 3.68. The molecule has 120 valence electrons. The van der Waals surface area contributed by atoms with E-state index in [1.807, 2.05) is 6.07 Å². The van der Waals surface area contributed by atoms with E-state index in [9.17, 15) is 9.90 Å². The van der Waals surface area contributed by atoms with Crippen LogP contribution in [0.3, 0.4) is 0 Å². The largest absolute Gasteiger partial charge is 0.391 e. The second-order valence-electron chi connectivity index (χ2n) is 6.12. The van der Waals surface area contributed by atoms with Gasteiger partial charge in [-0.2, -0.15) is 0 Å². The van der Waals surface area contributed by atoms with E-state index in [0.717, 1.165) is 43.9 Å². The Morgan fingerprint density at radius 3 is 2.91 bits per heavy atom. The van der Waals surface area contributed by atoms with Gasteiger partial charge in [0.2, 0.25) is 0 Å². The summed E-state index contributed by atoms with van der Waals surface area (Å²) >= 11 is 0. The molecule has 3 rings (SSSR count). The van der Waals surface area contributed by atoms with E-state index in [2.05, 4.69) is 21.3 Å². The molecule has 1 aromatic heterocycles. The van der Waals surface area contributed by atoms with Gasteiger partial charge in [-0.3, -0.25) is 0 Å². The number of anilines is 1. The summed E-state index contributed by atoms with van der Waals surface area (Å²) < 4.78 is 0. The number of β-amino-alcohol motifs (C(OH)–C–C–N with tert-alkyl or cyclic N) is 1. The zero-order chi connectivity index (χ0) is 15.4. The van der Waals surface area contributed by atoms with Gasteiger partial charge in [0, 0.05) is 38.9 Å². The van der Waals surface area contributed by atoms with E-state index >= 15 is 0 Å². The number of nitrogens with zero attached hydrogens (tertiary/aromatic N) is 3. The van der Waals surface area contributed by atoms with Crippen LogP contribution in [0.2, 0.25) is 0 Å². The fraction of sp³-hybridized carbons (Fsp3) is 0.625. The molecule has 22 heavy (non-hydrogen) atoms. The van der Waals surface area contributed by atoms with Gasteiger partial charge in [0.05, 0.1) is 6.10 Å². The van der Waals surface area contributed by atoms with Crippen LogP contribution in [0.25, 0.3) is 0 Å². The molecule has 0 saturated carbocycles. The lowest BCUT2D eigenvalue weighted by Gasteiger charge is -2.30. The van der Waals surface area contributed by atoms with Crippen molar-refractivity contribution >= 4 is 11.8 Å². The van der Waals surface area contributed by atoms with E-state index in [1.165, 1.54) is 12.8 Å². The highest BCUT2D eigenvalue weighted by molar-refractivity contribution is 5.74. The smallest absolute Gasteiger partial charge is 0.317 e. The van der Waals surface area contributed by atoms with Crippen molar-refractivity contribution in [2.24, 2.45) is 0 Å². The van der Waals surface area contributed by atoms with Gasteiger partial charge in [0.1, 0.15) is 5.82 Å². The molecule has 1 aromatic rings. The molecule has 0 bridgehead atoms. The van der Waals surface area contributed by atoms with Gasteiger partial charge in [0.15, 0.2) is 0 Å². The van der Waals surface area contributed by atoms with Crippen LogP contribution < -0.4 is 10.2 Å². The van der Waals surface area contributed by atoms with E-state index < -0.39 is 0 Å². The Morgan fingerprint density at radius 1 is 1.32 bits per heavy atom. The summed E-state index contributed by atoms with van der Waals surface area (Å²) in [7, 11) is 0. The first-order valence-corrected chi connectivity index (χ1v) is 8.13. The fourth-order valence-corrected chi connectivity index (χ4v) is 3.12. The topological polar surface area (TPSA) is 68.7 Å². The Hall–Kier alpha value is -1.82. The Balaban J connectivity index is 1.54. The minimum atomic E-state index is -0.387. The quantitative estimate of drug-likeness (QED) is 0.884. The molecule has 6 heteroatoms. The number of nitrogens with one attached hydrogen (secondary N) is 1. The van der Waals surface area contributed by atoms with E-state index in [0.29, 0.717) is 13.1 Å². The van der Waals surface area contributed by atoms with Gasteiger partial charge in [-0.05, 0) is 43.4 Å². The number of piperidine rings is 1. The maximum Gasteiger partial charge on any atom is 0.317 e. The number of urea groups is 1. The SMILES string of the molecule is O=C(NCc1ccnc(N2CCCC2)c1)N1CCCC(O)C1. The molecular weight excluding hydrogens is 280 g/mol. The molecule has 0 radical (unpaired) electrons. The van der Waals surface area contributed by atoms with Gasteiger partial charge in [-0.25, -0.2) is 9.78 Å². The molecule has 0 spiro atoms. The average Bonchev–Trinajstić information content (AvgIpc) is 3.07. The molecule has 0 aliphatic carbocycles. The predicted molar refractivity (Wildman–Crippen MR) is 84.7 cm³/mol. The van der Waals surface area contributed by atoms with E-state index in [-0.39, 0.29) is 12.1 Å². The zero-order valence-electron chi connectivity index (χ0n) is 12.9. The van der Waals surface area contributed by atoms with Crippen LogP contribution in [0.15, 0.2) is 18.3 Å².